The number of hydrogen-bond donors (Lipinski definition) is 1. The Hall–Kier alpha value is -0.340. The molecule has 0 fully saturated rings. The van der Waals surface area contributed by atoms with Crippen LogP contribution in [0.15, 0.2) is 11.4 Å². The Morgan fingerprint density at radius 1 is 1.36 bits per heavy atom. The molecule has 0 bridgehead atoms. The molecule has 1 heterocycles. The number of nitrogens with one attached hydrogen (secondary N) is 1. The van der Waals surface area contributed by atoms with Crippen LogP contribution in [0.1, 0.15) is 50.1 Å². The average molecular weight is 211 g/mol. The van der Waals surface area contributed by atoms with E-state index in [1.807, 2.05) is 11.3 Å². The second kappa shape index (κ2) is 5.52. The second-order valence-electron chi connectivity index (χ2n) is 3.87. The van der Waals surface area contributed by atoms with Crippen molar-refractivity contribution in [2.75, 3.05) is 0 Å². The highest BCUT2D eigenvalue weighted by molar-refractivity contribution is 7.10. The second-order valence-corrected chi connectivity index (χ2v) is 4.82. The Labute approximate surface area is 91.5 Å². The first-order chi connectivity index (χ1) is 6.69. The van der Waals surface area contributed by atoms with Gasteiger partial charge in [0.1, 0.15) is 0 Å². The quantitative estimate of drug-likeness (QED) is 0.779. The highest BCUT2D eigenvalue weighted by Crippen LogP contribution is 2.24. The van der Waals surface area contributed by atoms with E-state index in [-0.39, 0.29) is 0 Å². The minimum absolute atomic E-state index is 0.500. The minimum atomic E-state index is 0.500. The van der Waals surface area contributed by atoms with Gasteiger partial charge < -0.3 is 5.32 Å². The summed E-state index contributed by atoms with van der Waals surface area (Å²) in [6.07, 6.45) is 2.43. The van der Waals surface area contributed by atoms with Gasteiger partial charge in [-0.1, -0.05) is 13.8 Å². The van der Waals surface area contributed by atoms with Crippen molar-refractivity contribution in [2.45, 2.75) is 52.6 Å². The summed E-state index contributed by atoms with van der Waals surface area (Å²) in [7, 11) is 0. The lowest BCUT2D eigenvalue weighted by atomic mass is 10.1. The maximum absolute atomic E-state index is 3.67. The van der Waals surface area contributed by atoms with Crippen LogP contribution < -0.4 is 5.32 Å². The first-order valence-corrected chi connectivity index (χ1v) is 6.37. The van der Waals surface area contributed by atoms with Crippen molar-refractivity contribution < 1.29 is 0 Å². The van der Waals surface area contributed by atoms with Crippen LogP contribution in [0, 0.1) is 6.92 Å². The largest absolute Gasteiger partial charge is 0.307 e. The minimum Gasteiger partial charge on any atom is -0.307 e. The summed E-state index contributed by atoms with van der Waals surface area (Å²) in [4.78, 5) is 1.48. The Bertz CT molecular complexity index is 263. The first kappa shape index (κ1) is 11.7. The van der Waals surface area contributed by atoms with Crippen LogP contribution in [-0.4, -0.2) is 6.04 Å². The molecule has 0 spiro atoms. The van der Waals surface area contributed by atoms with E-state index in [1.165, 1.54) is 23.3 Å². The topological polar surface area (TPSA) is 12.0 Å². The predicted molar refractivity (Wildman–Crippen MR) is 65.0 cm³/mol. The zero-order valence-corrected chi connectivity index (χ0v) is 10.4. The van der Waals surface area contributed by atoms with Crippen LogP contribution in [0.25, 0.3) is 0 Å². The van der Waals surface area contributed by atoms with E-state index in [2.05, 4.69) is 44.5 Å². The van der Waals surface area contributed by atoms with Crippen LogP contribution in [0.2, 0.25) is 0 Å². The highest BCUT2D eigenvalue weighted by atomic mass is 32.1. The molecular formula is C12H21NS. The lowest BCUT2D eigenvalue weighted by molar-refractivity contribution is 0.435. The smallest absolute Gasteiger partial charge is 0.0390 e. The predicted octanol–water partition coefficient (Wildman–Crippen LogP) is 3.90. The van der Waals surface area contributed by atoms with Crippen LogP contribution in [0.3, 0.4) is 0 Å². The van der Waals surface area contributed by atoms with Crippen molar-refractivity contribution in [1.29, 1.82) is 0 Å². The normalized spacial score (nSPS) is 13.5. The average Bonchev–Trinajstić information content (AvgIpc) is 2.60. The van der Waals surface area contributed by atoms with E-state index in [0.717, 1.165) is 0 Å². The Balaban J connectivity index is 2.58. The van der Waals surface area contributed by atoms with Gasteiger partial charge in [0.05, 0.1) is 0 Å². The zero-order valence-electron chi connectivity index (χ0n) is 9.63. The molecule has 1 aromatic rings. The molecule has 0 saturated heterocycles. The molecule has 0 amide bonds. The molecule has 0 saturated carbocycles. The van der Waals surface area contributed by atoms with Gasteiger partial charge in [0, 0.05) is 17.0 Å². The summed E-state index contributed by atoms with van der Waals surface area (Å²) in [6.45, 7) is 8.94. The monoisotopic (exact) mass is 211 g/mol. The molecule has 2 heteroatoms. The Morgan fingerprint density at radius 2 is 2.00 bits per heavy atom. The molecule has 1 unspecified atom stereocenters. The SMILES string of the molecule is CCC(CC)NC(C)c1sccc1C. The van der Waals surface area contributed by atoms with Gasteiger partial charge >= 0.3 is 0 Å². The Kier molecular flexibility index (Phi) is 4.63. The molecule has 1 nitrogen and oxygen atoms in total. The summed E-state index contributed by atoms with van der Waals surface area (Å²) in [5.74, 6) is 0. The molecule has 0 aliphatic carbocycles. The molecule has 1 aromatic heterocycles. The van der Waals surface area contributed by atoms with E-state index in [4.69, 9.17) is 0 Å². The molecule has 1 N–H and O–H groups in total. The highest BCUT2D eigenvalue weighted by Gasteiger charge is 2.12. The van der Waals surface area contributed by atoms with Crippen LogP contribution in [0.4, 0.5) is 0 Å². The number of thiophene rings is 1. The summed E-state index contributed by atoms with van der Waals surface area (Å²) in [6, 6.07) is 3.36. The standard InChI is InChI=1S/C12H21NS/c1-5-11(6-2)13-10(4)12-9(3)7-8-14-12/h7-8,10-11,13H,5-6H2,1-4H3. The maximum Gasteiger partial charge on any atom is 0.0390 e. The third kappa shape index (κ3) is 2.82. The lowest BCUT2D eigenvalue weighted by Gasteiger charge is -2.20. The summed E-state index contributed by atoms with van der Waals surface area (Å²) in [5, 5.41) is 5.85. The van der Waals surface area contributed by atoms with E-state index in [9.17, 15) is 0 Å². The van der Waals surface area contributed by atoms with Crippen molar-refractivity contribution in [3.63, 3.8) is 0 Å². The molecule has 80 valence electrons. The van der Waals surface area contributed by atoms with E-state index in [0.29, 0.717) is 12.1 Å². The van der Waals surface area contributed by atoms with Crippen molar-refractivity contribution in [3.8, 4) is 0 Å². The van der Waals surface area contributed by atoms with Crippen molar-refractivity contribution in [3.05, 3.63) is 21.9 Å². The Morgan fingerprint density at radius 3 is 2.43 bits per heavy atom. The van der Waals surface area contributed by atoms with E-state index >= 15 is 0 Å². The third-order valence-corrected chi connectivity index (χ3v) is 3.97. The number of hydrogen-bond acceptors (Lipinski definition) is 2. The fourth-order valence-corrected chi connectivity index (χ4v) is 2.73. The summed E-state index contributed by atoms with van der Waals surface area (Å²) in [5.41, 5.74) is 1.42. The van der Waals surface area contributed by atoms with Crippen LogP contribution in [-0.2, 0) is 0 Å². The van der Waals surface area contributed by atoms with Gasteiger partial charge in [0.15, 0.2) is 0 Å². The number of rotatable bonds is 5. The van der Waals surface area contributed by atoms with Crippen molar-refractivity contribution in [2.24, 2.45) is 0 Å². The molecule has 0 aliphatic rings. The van der Waals surface area contributed by atoms with E-state index < -0.39 is 0 Å². The molecule has 14 heavy (non-hydrogen) atoms. The molecule has 0 radical (unpaired) electrons. The molecule has 0 aromatic carbocycles. The molecular weight excluding hydrogens is 190 g/mol. The fourth-order valence-electron chi connectivity index (χ4n) is 1.78. The molecule has 1 rings (SSSR count). The fraction of sp³-hybridized carbons (Fsp3) is 0.667. The van der Waals surface area contributed by atoms with Gasteiger partial charge in [-0.05, 0) is 43.7 Å². The van der Waals surface area contributed by atoms with Crippen LogP contribution in [0.5, 0.6) is 0 Å². The lowest BCUT2D eigenvalue weighted by Crippen LogP contribution is -2.30. The van der Waals surface area contributed by atoms with Gasteiger partial charge in [-0.3, -0.25) is 0 Å². The van der Waals surface area contributed by atoms with Crippen molar-refractivity contribution >= 4 is 11.3 Å². The van der Waals surface area contributed by atoms with Gasteiger partial charge in [-0.2, -0.15) is 0 Å². The first-order valence-electron chi connectivity index (χ1n) is 5.49. The third-order valence-electron chi connectivity index (χ3n) is 2.77. The summed E-state index contributed by atoms with van der Waals surface area (Å²) < 4.78 is 0. The van der Waals surface area contributed by atoms with E-state index in [1.54, 1.807) is 0 Å². The van der Waals surface area contributed by atoms with Gasteiger partial charge in [0.25, 0.3) is 0 Å². The van der Waals surface area contributed by atoms with Gasteiger partial charge in [-0.25, -0.2) is 0 Å². The van der Waals surface area contributed by atoms with Crippen LogP contribution >= 0.6 is 11.3 Å². The van der Waals surface area contributed by atoms with Gasteiger partial charge in [-0.15, -0.1) is 11.3 Å². The summed E-state index contributed by atoms with van der Waals surface area (Å²) >= 11 is 1.86. The maximum atomic E-state index is 3.67. The zero-order chi connectivity index (χ0) is 10.6. The van der Waals surface area contributed by atoms with Gasteiger partial charge in [0.2, 0.25) is 0 Å². The molecule has 1 atom stereocenters. The van der Waals surface area contributed by atoms with Crippen molar-refractivity contribution in [1.82, 2.24) is 5.32 Å². The molecule has 0 aliphatic heterocycles. The number of aryl methyl sites for hydroxylation is 1.